The molecule has 0 saturated carbocycles. The Morgan fingerprint density at radius 3 is 2.72 bits per heavy atom. The van der Waals surface area contributed by atoms with Gasteiger partial charge in [0.05, 0.1) is 5.69 Å². The molecule has 29 heavy (non-hydrogen) atoms. The van der Waals surface area contributed by atoms with Crippen molar-refractivity contribution < 1.29 is 18.1 Å². The number of hydrogen-bond donors (Lipinski definition) is 1. The number of anilines is 1. The highest BCUT2D eigenvalue weighted by molar-refractivity contribution is 5.91. The van der Waals surface area contributed by atoms with Crippen LogP contribution in [-0.2, 0) is 11.3 Å². The minimum atomic E-state index is -0.753. The Bertz CT molecular complexity index is 1250. The van der Waals surface area contributed by atoms with Crippen LogP contribution in [0, 0.1) is 11.6 Å². The molecule has 0 radical (unpaired) electrons. The molecule has 1 N–H and O–H groups in total. The van der Waals surface area contributed by atoms with E-state index in [1.165, 1.54) is 10.9 Å². The molecule has 2 aromatic heterocycles. The Hall–Kier alpha value is -3.88. The number of carbonyl (C=O) groups excluding carboxylic acids is 1. The van der Waals surface area contributed by atoms with Crippen molar-refractivity contribution in [2.24, 2.45) is 0 Å². The maximum atomic E-state index is 13.6. The Labute approximate surface area is 162 Å². The Morgan fingerprint density at radius 2 is 1.93 bits per heavy atom. The third kappa shape index (κ3) is 3.75. The van der Waals surface area contributed by atoms with Crippen LogP contribution in [0.5, 0.6) is 0 Å². The number of nitrogens with one attached hydrogen (secondary N) is 1. The minimum absolute atomic E-state index is 0.00997. The zero-order chi connectivity index (χ0) is 20.4. The summed E-state index contributed by atoms with van der Waals surface area (Å²) in [5, 5.41) is 6.42. The van der Waals surface area contributed by atoms with Crippen LogP contribution in [0.1, 0.15) is 6.42 Å². The van der Waals surface area contributed by atoms with Gasteiger partial charge in [-0.05, 0) is 12.1 Å². The van der Waals surface area contributed by atoms with Crippen LogP contribution < -0.4 is 10.9 Å². The quantitative estimate of drug-likeness (QED) is 0.559. The average molecular weight is 396 g/mol. The van der Waals surface area contributed by atoms with Gasteiger partial charge in [0.25, 0.3) is 11.3 Å². The van der Waals surface area contributed by atoms with Crippen LogP contribution in [0.25, 0.3) is 22.4 Å². The molecule has 1 amide bonds. The molecular weight excluding hydrogens is 382 g/mol. The number of aromatic nitrogens is 3. The van der Waals surface area contributed by atoms with E-state index in [0.717, 1.165) is 18.2 Å². The van der Waals surface area contributed by atoms with Gasteiger partial charge in [0.2, 0.25) is 5.91 Å². The smallest absolute Gasteiger partial charge is 0.266 e. The topological polar surface area (TPSA) is 90.0 Å². The number of halogens is 2. The van der Waals surface area contributed by atoms with Crippen molar-refractivity contribution in [2.45, 2.75) is 13.0 Å². The number of fused-ring (bicyclic) bond motifs is 1. The summed E-state index contributed by atoms with van der Waals surface area (Å²) in [5.41, 5.74) is 0.471. The monoisotopic (exact) mass is 396 g/mol. The Morgan fingerprint density at radius 1 is 1.14 bits per heavy atom. The molecule has 2 aromatic carbocycles. The van der Waals surface area contributed by atoms with E-state index in [9.17, 15) is 18.4 Å². The molecule has 2 heterocycles. The number of carbonyl (C=O) groups is 1. The second-order valence-electron chi connectivity index (χ2n) is 6.24. The largest absolute Gasteiger partial charge is 0.335 e. The number of rotatable bonds is 5. The van der Waals surface area contributed by atoms with Crippen molar-refractivity contribution in [2.75, 3.05) is 5.32 Å². The lowest BCUT2D eigenvalue weighted by Gasteiger charge is -2.08. The third-order valence-corrected chi connectivity index (χ3v) is 4.29. The summed E-state index contributed by atoms with van der Waals surface area (Å²) in [6.45, 7) is -0.00997. The zero-order valence-electron chi connectivity index (χ0n) is 14.9. The molecule has 0 saturated heterocycles. The molecule has 0 fully saturated rings. The predicted octanol–water partition coefficient (Wildman–Crippen LogP) is 3.36. The summed E-state index contributed by atoms with van der Waals surface area (Å²) in [6.07, 6.45) is 1.11. The molecule has 146 valence electrons. The summed E-state index contributed by atoms with van der Waals surface area (Å²) >= 11 is 0. The standard InChI is InChI=1S/C20H14F2N4O3/c21-13-6-7-14(22)15(10-13)24-16(27)8-9-26-11-23-19-17(20(26)28)18(25-29-19)12-4-2-1-3-5-12/h1-7,10-11H,8-9H2,(H,24,27). The summed E-state index contributed by atoms with van der Waals surface area (Å²) in [7, 11) is 0. The third-order valence-electron chi connectivity index (χ3n) is 4.29. The van der Waals surface area contributed by atoms with Gasteiger partial charge in [0.15, 0.2) is 0 Å². The molecule has 0 aliphatic heterocycles. The molecule has 0 aliphatic carbocycles. The lowest BCUT2D eigenvalue weighted by molar-refractivity contribution is -0.116. The van der Waals surface area contributed by atoms with Gasteiger partial charge in [-0.15, -0.1) is 0 Å². The van der Waals surface area contributed by atoms with E-state index < -0.39 is 23.1 Å². The second kappa shape index (κ2) is 7.63. The van der Waals surface area contributed by atoms with Gasteiger partial charge >= 0.3 is 0 Å². The van der Waals surface area contributed by atoms with Crippen LogP contribution in [0.2, 0.25) is 0 Å². The number of aryl methyl sites for hydroxylation is 1. The van der Waals surface area contributed by atoms with Gasteiger partial charge in [-0.2, -0.15) is 0 Å². The molecule has 7 nitrogen and oxygen atoms in total. The molecule has 0 unspecified atom stereocenters. The SMILES string of the molecule is O=C(CCn1cnc2onc(-c3ccccc3)c2c1=O)Nc1cc(F)ccc1F. The van der Waals surface area contributed by atoms with Gasteiger partial charge in [0, 0.05) is 24.6 Å². The van der Waals surface area contributed by atoms with Gasteiger partial charge in [-0.1, -0.05) is 35.5 Å². The van der Waals surface area contributed by atoms with Crippen molar-refractivity contribution in [3.05, 3.63) is 76.8 Å². The van der Waals surface area contributed by atoms with Crippen LogP contribution in [0.3, 0.4) is 0 Å². The molecule has 0 bridgehead atoms. The molecule has 4 aromatic rings. The highest BCUT2D eigenvalue weighted by Gasteiger charge is 2.17. The summed E-state index contributed by atoms with van der Waals surface area (Å²) < 4.78 is 33.2. The predicted molar refractivity (Wildman–Crippen MR) is 101 cm³/mol. The first kappa shape index (κ1) is 18.5. The summed E-state index contributed by atoms with van der Waals surface area (Å²) in [4.78, 5) is 29.0. The summed E-state index contributed by atoms with van der Waals surface area (Å²) in [5.74, 6) is -2.00. The maximum absolute atomic E-state index is 13.6. The highest BCUT2D eigenvalue weighted by atomic mass is 19.1. The van der Waals surface area contributed by atoms with Crippen LogP contribution in [-0.4, -0.2) is 20.6 Å². The van der Waals surface area contributed by atoms with Gasteiger partial charge in [-0.25, -0.2) is 13.8 Å². The fourth-order valence-electron chi connectivity index (χ4n) is 2.86. The van der Waals surface area contributed by atoms with Gasteiger partial charge in [0.1, 0.15) is 29.0 Å². The molecular formula is C20H14F2N4O3. The first-order valence-electron chi connectivity index (χ1n) is 8.68. The van der Waals surface area contributed by atoms with Crippen molar-refractivity contribution in [1.29, 1.82) is 0 Å². The van der Waals surface area contributed by atoms with E-state index in [4.69, 9.17) is 4.52 Å². The number of nitrogens with zero attached hydrogens (tertiary/aromatic N) is 3. The van der Waals surface area contributed by atoms with E-state index in [2.05, 4.69) is 15.5 Å². The number of amides is 1. The van der Waals surface area contributed by atoms with Gasteiger partial charge < -0.3 is 9.84 Å². The van der Waals surface area contributed by atoms with E-state index >= 15 is 0 Å². The fourth-order valence-corrected chi connectivity index (χ4v) is 2.86. The number of benzene rings is 2. The van der Waals surface area contributed by atoms with Crippen molar-refractivity contribution in [1.82, 2.24) is 14.7 Å². The van der Waals surface area contributed by atoms with Crippen LogP contribution in [0.4, 0.5) is 14.5 Å². The number of hydrogen-bond acceptors (Lipinski definition) is 5. The van der Waals surface area contributed by atoms with Crippen molar-refractivity contribution in [3.63, 3.8) is 0 Å². The lowest BCUT2D eigenvalue weighted by atomic mass is 10.1. The van der Waals surface area contributed by atoms with E-state index in [0.29, 0.717) is 11.3 Å². The zero-order valence-corrected chi connectivity index (χ0v) is 14.9. The first-order valence-corrected chi connectivity index (χ1v) is 8.68. The first-order chi connectivity index (χ1) is 14.0. The van der Waals surface area contributed by atoms with E-state index in [1.54, 1.807) is 24.3 Å². The molecule has 4 rings (SSSR count). The van der Waals surface area contributed by atoms with Crippen molar-refractivity contribution in [3.8, 4) is 11.3 Å². The van der Waals surface area contributed by atoms with Crippen LogP contribution in [0.15, 0.2) is 64.2 Å². The lowest BCUT2D eigenvalue weighted by Crippen LogP contribution is -2.23. The van der Waals surface area contributed by atoms with Crippen LogP contribution >= 0.6 is 0 Å². The fraction of sp³-hybridized carbons (Fsp3) is 0.100. The summed E-state index contributed by atoms with van der Waals surface area (Å²) in [6, 6.07) is 11.8. The molecule has 9 heteroatoms. The molecule has 0 spiro atoms. The Balaban J connectivity index is 1.56. The molecule has 0 atom stereocenters. The van der Waals surface area contributed by atoms with Crippen molar-refractivity contribution >= 4 is 22.7 Å². The Kier molecular flexibility index (Phi) is 4.86. The maximum Gasteiger partial charge on any atom is 0.266 e. The normalized spacial score (nSPS) is 11.0. The highest BCUT2D eigenvalue weighted by Crippen LogP contribution is 2.23. The average Bonchev–Trinajstić information content (AvgIpc) is 3.16. The van der Waals surface area contributed by atoms with E-state index in [1.807, 2.05) is 6.07 Å². The molecule has 0 aliphatic rings. The van der Waals surface area contributed by atoms with Gasteiger partial charge in [-0.3, -0.25) is 14.2 Å². The van der Waals surface area contributed by atoms with E-state index in [-0.39, 0.29) is 29.8 Å². The second-order valence-corrected chi connectivity index (χ2v) is 6.24. The minimum Gasteiger partial charge on any atom is -0.335 e.